The van der Waals surface area contributed by atoms with Crippen molar-refractivity contribution in [1.82, 2.24) is 15.3 Å². The fourth-order valence-corrected chi connectivity index (χ4v) is 3.84. The van der Waals surface area contributed by atoms with E-state index in [2.05, 4.69) is 15.3 Å². The van der Waals surface area contributed by atoms with Crippen molar-refractivity contribution in [3.63, 3.8) is 0 Å². The number of hydrogen-bond acceptors (Lipinski definition) is 6. The Morgan fingerprint density at radius 3 is 2.72 bits per heavy atom. The Morgan fingerprint density at radius 2 is 2.22 bits per heavy atom. The predicted molar refractivity (Wildman–Crippen MR) is 70.3 cm³/mol. The fourth-order valence-electron chi connectivity index (χ4n) is 2.07. The molecule has 1 aromatic heterocycles. The van der Waals surface area contributed by atoms with Crippen LogP contribution < -0.4 is 10.2 Å². The summed E-state index contributed by atoms with van der Waals surface area (Å²) in [5.74, 6) is 1.20. The minimum Gasteiger partial charge on any atom is -0.354 e. The van der Waals surface area contributed by atoms with Crippen LogP contribution >= 0.6 is 0 Å². The molecule has 2 heterocycles. The molecule has 1 unspecified atom stereocenters. The van der Waals surface area contributed by atoms with Crippen molar-refractivity contribution < 1.29 is 8.42 Å². The summed E-state index contributed by atoms with van der Waals surface area (Å²) in [5, 5.41) is 3.00. The Hall–Kier alpha value is -1.21. The number of anilines is 1. The van der Waals surface area contributed by atoms with Gasteiger partial charge in [-0.3, -0.25) is 4.98 Å². The zero-order valence-electron chi connectivity index (χ0n) is 10.6. The lowest BCUT2D eigenvalue weighted by Crippen LogP contribution is -2.33. The van der Waals surface area contributed by atoms with Gasteiger partial charge >= 0.3 is 0 Å². The van der Waals surface area contributed by atoms with Crippen molar-refractivity contribution in [2.75, 3.05) is 30.5 Å². The van der Waals surface area contributed by atoms with Crippen molar-refractivity contribution in [2.45, 2.75) is 19.0 Å². The molecule has 0 aromatic carbocycles. The van der Waals surface area contributed by atoms with Crippen LogP contribution in [0.1, 0.15) is 12.1 Å². The van der Waals surface area contributed by atoms with Gasteiger partial charge < -0.3 is 10.2 Å². The molecule has 1 aliphatic heterocycles. The summed E-state index contributed by atoms with van der Waals surface area (Å²) in [4.78, 5) is 10.5. The zero-order valence-corrected chi connectivity index (χ0v) is 11.4. The van der Waals surface area contributed by atoms with Crippen LogP contribution in [-0.2, 0) is 16.4 Å². The molecule has 18 heavy (non-hydrogen) atoms. The first-order valence-corrected chi connectivity index (χ1v) is 7.73. The predicted octanol–water partition coefficient (Wildman–Crippen LogP) is -0.181. The highest BCUT2D eigenvalue weighted by Crippen LogP contribution is 2.20. The molecule has 1 atom stereocenters. The standard InChI is InChI=1S/C11H18N4O2S/c1-12-5-9-6-14-11(7-13-9)15(2)10-3-4-18(16,17)8-10/h6-7,10,12H,3-5,8H2,1-2H3. The average molecular weight is 270 g/mol. The van der Waals surface area contributed by atoms with E-state index in [-0.39, 0.29) is 17.5 Å². The molecule has 1 saturated heterocycles. The van der Waals surface area contributed by atoms with Gasteiger partial charge in [-0.25, -0.2) is 13.4 Å². The lowest BCUT2D eigenvalue weighted by molar-refractivity contribution is 0.600. The van der Waals surface area contributed by atoms with Gasteiger partial charge in [0.1, 0.15) is 5.82 Å². The molecule has 0 amide bonds. The number of nitrogens with one attached hydrogen (secondary N) is 1. The molecule has 1 N–H and O–H groups in total. The molecule has 0 bridgehead atoms. The highest BCUT2D eigenvalue weighted by Gasteiger charge is 2.31. The molecule has 0 saturated carbocycles. The van der Waals surface area contributed by atoms with E-state index in [9.17, 15) is 8.42 Å². The van der Waals surface area contributed by atoms with Gasteiger partial charge in [0, 0.05) is 19.6 Å². The van der Waals surface area contributed by atoms with Crippen LogP contribution in [0.15, 0.2) is 12.4 Å². The first-order valence-electron chi connectivity index (χ1n) is 5.90. The van der Waals surface area contributed by atoms with Gasteiger partial charge in [0.2, 0.25) is 0 Å². The van der Waals surface area contributed by atoms with Gasteiger partial charge in [0.05, 0.1) is 29.6 Å². The van der Waals surface area contributed by atoms with Crippen LogP contribution in [0, 0.1) is 0 Å². The van der Waals surface area contributed by atoms with Crippen LogP contribution in [0.3, 0.4) is 0 Å². The first kappa shape index (κ1) is 13.2. The smallest absolute Gasteiger partial charge is 0.152 e. The molecule has 100 valence electrons. The number of aromatic nitrogens is 2. The van der Waals surface area contributed by atoms with Gasteiger partial charge in [-0.2, -0.15) is 0 Å². The van der Waals surface area contributed by atoms with Crippen LogP contribution in [0.4, 0.5) is 5.82 Å². The second-order valence-electron chi connectivity index (χ2n) is 4.56. The summed E-state index contributed by atoms with van der Waals surface area (Å²) in [6.07, 6.45) is 4.07. The van der Waals surface area contributed by atoms with E-state index in [0.29, 0.717) is 13.0 Å². The molecule has 0 aliphatic carbocycles. The maximum Gasteiger partial charge on any atom is 0.152 e. The van der Waals surface area contributed by atoms with Gasteiger partial charge in [0.15, 0.2) is 9.84 Å². The molecule has 2 rings (SSSR count). The fraction of sp³-hybridized carbons (Fsp3) is 0.636. The molecular formula is C11H18N4O2S. The Morgan fingerprint density at radius 1 is 1.44 bits per heavy atom. The van der Waals surface area contributed by atoms with Gasteiger partial charge in [-0.15, -0.1) is 0 Å². The summed E-state index contributed by atoms with van der Waals surface area (Å²) in [7, 11) is 0.855. The Labute approximate surface area is 107 Å². The average Bonchev–Trinajstić information content (AvgIpc) is 2.70. The van der Waals surface area contributed by atoms with Gasteiger partial charge in [-0.05, 0) is 13.5 Å². The molecule has 0 spiro atoms. The van der Waals surface area contributed by atoms with Crippen LogP contribution in [0.5, 0.6) is 0 Å². The third-order valence-corrected chi connectivity index (χ3v) is 4.92. The van der Waals surface area contributed by atoms with E-state index in [1.165, 1.54) is 0 Å². The summed E-state index contributed by atoms with van der Waals surface area (Å²) >= 11 is 0. The largest absolute Gasteiger partial charge is 0.354 e. The summed E-state index contributed by atoms with van der Waals surface area (Å²) in [6, 6.07) is 0.0134. The van der Waals surface area contributed by atoms with E-state index in [1.54, 1.807) is 12.4 Å². The van der Waals surface area contributed by atoms with E-state index in [1.807, 2.05) is 19.0 Å². The Bertz CT molecular complexity index is 500. The first-order chi connectivity index (χ1) is 8.52. The number of sulfone groups is 1. The van der Waals surface area contributed by atoms with Crippen molar-refractivity contribution >= 4 is 15.7 Å². The molecular weight excluding hydrogens is 252 g/mol. The third kappa shape index (κ3) is 2.97. The molecule has 1 fully saturated rings. The van der Waals surface area contributed by atoms with Crippen molar-refractivity contribution in [2.24, 2.45) is 0 Å². The summed E-state index contributed by atoms with van der Waals surface area (Å²) < 4.78 is 22.9. The topological polar surface area (TPSA) is 75.2 Å². The molecule has 6 nitrogen and oxygen atoms in total. The molecule has 1 aliphatic rings. The highest BCUT2D eigenvalue weighted by molar-refractivity contribution is 7.91. The van der Waals surface area contributed by atoms with Crippen molar-refractivity contribution in [3.05, 3.63) is 18.1 Å². The van der Waals surface area contributed by atoms with E-state index < -0.39 is 9.84 Å². The van der Waals surface area contributed by atoms with Crippen LogP contribution in [0.25, 0.3) is 0 Å². The number of hydrogen-bond donors (Lipinski definition) is 1. The third-order valence-electron chi connectivity index (χ3n) is 3.17. The second kappa shape index (κ2) is 5.19. The van der Waals surface area contributed by atoms with Crippen molar-refractivity contribution in [1.29, 1.82) is 0 Å². The molecule has 1 aromatic rings. The normalized spacial score (nSPS) is 22.0. The lowest BCUT2D eigenvalue weighted by atomic mass is 10.2. The number of nitrogens with zero attached hydrogens (tertiary/aromatic N) is 3. The quantitative estimate of drug-likeness (QED) is 0.818. The summed E-state index contributed by atoms with van der Waals surface area (Å²) in [6.45, 7) is 0.675. The minimum atomic E-state index is -2.87. The van der Waals surface area contributed by atoms with Gasteiger partial charge in [-0.1, -0.05) is 0 Å². The summed E-state index contributed by atoms with van der Waals surface area (Å²) in [5.41, 5.74) is 0.869. The van der Waals surface area contributed by atoms with Crippen molar-refractivity contribution in [3.8, 4) is 0 Å². The zero-order chi connectivity index (χ0) is 13.2. The van der Waals surface area contributed by atoms with E-state index in [4.69, 9.17) is 0 Å². The van der Waals surface area contributed by atoms with Gasteiger partial charge in [0.25, 0.3) is 0 Å². The van der Waals surface area contributed by atoms with Crippen LogP contribution in [0.2, 0.25) is 0 Å². The van der Waals surface area contributed by atoms with Crippen LogP contribution in [-0.4, -0.2) is 50.0 Å². The Balaban J connectivity index is 2.07. The maximum absolute atomic E-state index is 11.4. The Kier molecular flexibility index (Phi) is 3.82. The molecule has 7 heteroatoms. The molecule has 0 radical (unpaired) electrons. The highest BCUT2D eigenvalue weighted by atomic mass is 32.2. The lowest BCUT2D eigenvalue weighted by Gasteiger charge is -2.24. The SMILES string of the molecule is CNCc1cnc(N(C)C2CCS(=O)(=O)C2)cn1. The monoisotopic (exact) mass is 270 g/mol. The number of rotatable bonds is 4. The van der Waals surface area contributed by atoms with E-state index in [0.717, 1.165) is 11.5 Å². The van der Waals surface area contributed by atoms with E-state index >= 15 is 0 Å². The maximum atomic E-state index is 11.4. The minimum absolute atomic E-state index is 0.0134. The second-order valence-corrected chi connectivity index (χ2v) is 6.79.